The van der Waals surface area contributed by atoms with Crippen molar-refractivity contribution in [3.05, 3.63) is 145 Å². The van der Waals surface area contributed by atoms with Crippen LogP contribution < -0.4 is 0 Å². The van der Waals surface area contributed by atoms with Crippen molar-refractivity contribution in [3.63, 3.8) is 0 Å². The summed E-state index contributed by atoms with van der Waals surface area (Å²) in [6.45, 7) is 0. The molecule has 5 heteroatoms. The number of aromatic nitrogens is 4. The van der Waals surface area contributed by atoms with Crippen molar-refractivity contribution >= 4 is 53.3 Å². The standard InChI is InChI=1S/C39H24N4S/c1-3-11-25(12-4-1)27-19-21-30-29-15-7-9-17-33(29)43(34(30)24-27)39-41-37(26-13-5-2-6-14-26)40-38(42-39)28-20-22-36-32(23-28)31-16-8-10-18-35(31)44-36/h1-24H/i1D,3D,4D,7D,9D,11D,12D,15D,17D. The quantitative estimate of drug-likeness (QED) is 0.205. The molecule has 0 fully saturated rings. The van der Waals surface area contributed by atoms with Crippen molar-refractivity contribution in [3.8, 4) is 39.9 Å². The molecule has 0 saturated carbocycles. The molecule has 9 rings (SSSR count). The highest BCUT2D eigenvalue weighted by Crippen LogP contribution is 2.37. The van der Waals surface area contributed by atoms with Crippen molar-refractivity contribution in [1.29, 1.82) is 0 Å². The summed E-state index contributed by atoms with van der Waals surface area (Å²) in [4.78, 5) is 14.8. The average Bonchev–Trinajstić information content (AvgIpc) is 3.73. The van der Waals surface area contributed by atoms with Gasteiger partial charge in [0, 0.05) is 42.1 Å². The van der Waals surface area contributed by atoms with E-state index in [1.54, 1.807) is 34.1 Å². The van der Waals surface area contributed by atoms with Gasteiger partial charge in [-0.1, -0.05) is 109 Å². The predicted octanol–water partition coefficient (Wildman–Crippen LogP) is 10.3. The van der Waals surface area contributed by atoms with Crippen molar-refractivity contribution in [2.24, 2.45) is 0 Å². The Hall–Kier alpha value is -5.65. The fourth-order valence-electron chi connectivity index (χ4n) is 5.65. The first-order valence-electron chi connectivity index (χ1n) is 18.4. The van der Waals surface area contributed by atoms with Crippen LogP contribution in [0.4, 0.5) is 0 Å². The first-order valence-corrected chi connectivity index (χ1v) is 14.7. The van der Waals surface area contributed by atoms with E-state index in [9.17, 15) is 0 Å². The van der Waals surface area contributed by atoms with Crippen LogP contribution in [-0.4, -0.2) is 19.5 Å². The van der Waals surface area contributed by atoms with E-state index in [2.05, 4.69) is 12.1 Å². The summed E-state index contributed by atoms with van der Waals surface area (Å²) in [5, 5.41) is 2.82. The fraction of sp³-hybridized carbons (Fsp3) is 0. The van der Waals surface area contributed by atoms with Crippen LogP contribution in [0.5, 0.6) is 0 Å². The molecule has 4 nitrogen and oxygen atoms in total. The van der Waals surface area contributed by atoms with Crippen LogP contribution in [0.3, 0.4) is 0 Å². The van der Waals surface area contributed by atoms with Gasteiger partial charge in [-0.25, -0.2) is 4.98 Å². The van der Waals surface area contributed by atoms with Gasteiger partial charge in [0.1, 0.15) is 0 Å². The molecular formula is C39H24N4S. The lowest BCUT2D eigenvalue weighted by atomic mass is 10.0. The molecule has 0 amide bonds. The molecule has 0 bridgehead atoms. The molecule has 44 heavy (non-hydrogen) atoms. The Morgan fingerprint density at radius 1 is 0.477 bits per heavy atom. The Labute approximate surface area is 270 Å². The summed E-state index contributed by atoms with van der Waals surface area (Å²) in [5.74, 6) is 0.745. The molecule has 9 aromatic rings. The molecule has 3 aromatic heterocycles. The van der Waals surface area contributed by atoms with Crippen molar-refractivity contribution in [2.45, 2.75) is 0 Å². The first-order chi connectivity index (χ1) is 25.5. The van der Waals surface area contributed by atoms with Crippen molar-refractivity contribution in [1.82, 2.24) is 19.5 Å². The van der Waals surface area contributed by atoms with Crippen LogP contribution >= 0.6 is 11.3 Å². The average molecular weight is 590 g/mol. The summed E-state index contributed by atoms with van der Waals surface area (Å²) in [6.07, 6.45) is 0. The van der Waals surface area contributed by atoms with E-state index in [0.29, 0.717) is 39.2 Å². The lowest BCUT2D eigenvalue weighted by Gasteiger charge is -2.11. The van der Waals surface area contributed by atoms with Gasteiger partial charge in [-0.3, -0.25) is 4.57 Å². The van der Waals surface area contributed by atoms with E-state index in [1.165, 1.54) is 0 Å². The van der Waals surface area contributed by atoms with E-state index in [4.69, 9.17) is 27.3 Å². The van der Waals surface area contributed by atoms with Gasteiger partial charge in [-0.15, -0.1) is 11.3 Å². The predicted molar refractivity (Wildman–Crippen MR) is 183 cm³/mol. The molecule has 0 aliphatic carbocycles. The number of fused-ring (bicyclic) bond motifs is 6. The number of hydrogen-bond donors (Lipinski definition) is 0. The highest BCUT2D eigenvalue weighted by atomic mass is 32.1. The normalized spacial score (nSPS) is 14.5. The summed E-state index contributed by atoms with van der Waals surface area (Å²) in [5.41, 5.74) is 2.16. The van der Waals surface area contributed by atoms with Gasteiger partial charge in [0.05, 0.1) is 23.4 Å². The molecule has 206 valence electrons. The third-order valence-corrected chi connectivity index (χ3v) is 8.83. The van der Waals surface area contributed by atoms with E-state index in [1.807, 2.05) is 60.7 Å². The Bertz CT molecular complexity index is 2990. The Balaban J connectivity index is 1.39. The molecule has 0 atom stereocenters. The number of rotatable bonds is 4. The molecule has 3 heterocycles. The lowest BCUT2D eigenvalue weighted by molar-refractivity contribution is 0.954. The molecule has 0 aliphatic rings. The lowest BCUT2D eigenvalue weighted by Crippen LogP contribution is -2.06. The SMILES string of the molecule is [2H]c1c([2H])c([2H])c(-c2ccc3c4c([2H])c([2H])c([2H])c([2H])c4n(-c4nc(-c5ccccc5)nc(-c5ccc6sc7ccccc7c6c5)n4)c3c2)c([2H])c1[2H]. The molecule has 6 aromatic carbocycles. The van der Waals surface area contributed by atoms with Crippen LogP contribution in [0.25, 0.3) is 81.8 Å². The largest absolute Gasteiger partial charge is 0.278 e. The monoisotopic (exact) mass is 589 g/mol. The molecule has 0 N–H and O–H groups in total. The molecule has 0 spiro atoms. The number of para-hydroxylation sites is 1. The van der Waals surface area contributed by atoms with Crippen LogP contribution in [0.15, 0.2) is 145 Å². The minimum atomic E-state index is -0.512. The minimum absolute atomic E-state index is 0.0214. The smallest absolute Gasteiger partial charge is 0.238 e. The Kier molecular flexibility index (Phi) is 3.96. The van der Waals surface area contributed by atoms with Crippen molar-refractivity contribution < 1.29 is 12.3 Å². The molecular weight excluding hydrogens is 557 g/mol. The third-order valence-electron chi connectivity index (χ3n) is 7.68. The van der Waals surface area contributed by atoms with Crippen LogP contribution in [0, 0.1) is 0 Å². The molecule has 0 radical (unpaired) electrons. The second-order valence-corrected chi connectivity index (χ2v) is 11.3. The maximum atomic E-state index is 9.09. The van der Waals surface area contributed by atoms with Gasteiger partial charge in [0.15, 0.2) is 11.6 Å². The van der Waals surface area contributed by atoms with Crippen LogP contribution in [0.1, 0.15) is 12.3 Å². The topological polar surface area (TPSA) is 43.6 Å². The van der Waals surface area contributed by atoms with Crippen LogP contribution in [0.2, 0.25) is 0 Å². The van der Waals surface area contributed by atoms with Gasteiger partial charge >= 0.3 is 0 Å². The van der Waals surface area contributed by atoms with Gasteiger partial charge in [0.2, 0.25) is 5.95 Å². The maximum Gasteiger partial charge on any atom is 0.238 e. The number of benzene rings is 6. The number of thiophene rings is 1. The number of hydrogen-bond acceptors (Lipinski definition) is 4. The van der Waals surface area contributed by atoms with Gasteiger partial charge in [0.25, 0.3) is 0 Å². The highest BCUT2D eigenvalue weighted by Gasteiger charge is 2.19. The first kappa shape index (κ1) is 17.5. The molecule has 0 saturated heterocycles. The Morgan fingerprint density at radius 2 is 1.20 bits per heavy atom. The summed E-state index contributed by atoms with van der Waals surface area (Å²) >= 11 is 1.69. The zero-order valence-electron chi connectivity index (χ0n) is 31.9. The summed E-state index contributed by atoms with van der Waals surface area (Å²) in [7, 11) is 0. The van der Waals surface area contributed by atoms with E-state index in [0.717, 1.165) is 20.2 Å². The van der Waals surface area contributed by atoms with Gasteiger partial charge in [-0.05, 0) is 47.5 Å². The second-order valence-electron chi connectivity index (χ2n) is 10.2. The Morgan fingerprint density at radius 3 is 2.09 bits per heavy atom. The minimum Gasteiger partial charge on any atom is -0.278 e. The number of nitrogens with zero attached hydrogens (tertiary/aromatic N) is 4. The van der Waals surface area contributed by atoms with Crippen LogP contribution in [-0.2, 0) is 0 Å². The zero-order chi connectivity index (χ0) is 36.9. The molecule has 0 unspecified atom stereocenters. The zero-order valence-corrected chi connectivity index (χ0v) is 23.7. The van der Waals surface area contributed by atoms with Gasteiger partial charge < -0.3 is 0 Å². The molecule has 0 aliphatic heterocycles. The second kappa shape index (κ2) is 9.97. The van der Waals surface area contributed by atoms with E-state index < -0.39 is 30.2 Å². The summed E-state index contributed by atoms with van der Waals surface area (Å²) in [6, 6.07) is 24.7. The highest BCUT2D eigenvalue weighted by molar-refractivity contribution is 7.25. The van der Waals surface area contributed by atoms with Gasteiger partial charge in [-0.2, -0.15) is 9.97 Å². The fourth-order valence-corrected chi connectivity index (χ4v) is 6.74. The van der Waals surface area contributed by atoms with E-state index in [-0.39, 0.29) is 46.6 Å². The summed E-state index contributed by atoms with van der Waals surface area (Å²) < 4.78 is 80.9. The third kappa shape index (κ3) is 4.02. The van der Waals surface area contributed by atoms with E-state index >= 15 is 0 Å². The van der Waals surface area contributed by atoms with Crippen molar-refractivity contribution in [2.75, 3.05) is 0 Å². The maximum absolute atomic E-state index is 9.09.